The monoisotopic (exact) mass is 547 g/mol. The first-order valence-electron chi connectivity index (χ1n) is 12.8. The van der Waals surface area contributed by atoms with Gasteiger partial charge in [0, 0.05) is 30.6 Å². The highest BCUT2D eigenvalue weighted by atomic mass is 19.4. The number of halogens is 3. The largest absolute Gasteiger partial charge is 0.492 e. The summed E-state index contributed by atoms with van der Waals surface area (Å²) in [5, 5.41) is 17.3. The number of carbonyl (C=O) groups is 1. The molecule has 4 aromatic rings. The number of alkyl halides is 3. The summed E-state index contributed by atoms with van der Waals surface area (Å²) in [6.45, 7) is 5.24. The molecule has 2 aliphatic heterocycles. The van der Waals surface area contributed by atoms with Crippen molar-refractivity contribution < 1.29 is 22.7 Å². The van der Waals surface area contributed by atoms with Crippen LogP contribution in [0.1, 0.15) is 24.0 Å². The number of aromatic amines is 1. The van der Waals surface area contributed by atoms with Crippen LogP contribution < -0.4 is 9.64 Å². The zero-order valence-corrected chi connectivity index (χ0v) is 21.3. The molecule has 1 unspecified atom stereocenters. The van der Waals surface area contributed by atoms with Gasteiger partial charge in [0.2, 0.25) is 5.91 Å². The van der Waals surface area contributed by atoms with E-state index in [1.165, 1.54) is 18.6 Å². The molecular formula is C28H24F3N7O2. The first-order valence-corrected chi connectivity index (χ1v) is 12.8. The Hall–Kier alpha value is -4.66. The van der Waals surface area contributed by atoms with Gasteiger partial charge in [0.25, 0.3) is 0 Å². The van der Waals surface area contributed by atoms with Crippen LogP contribution in [-0.2, 0) is 17.4 Å². The van der Waals surface area contributed by atoms with Crippen molar-refractivity contribution in [3.8, 4) is 22.9 Å². The van der Waals surface area contributed by atoms with Crippen molar-refractivity contribution in [2.75, 3.05) is 31.1 Å². The van der Waals surface area contributed by atoms with Crippen molar-refractivity contribution in [2.45, 2.75) is 31.5 Å². The van der Waals surface area contributed by atoms with Crippen LogP contribution in [0.3, 0.4) is 0 Å². The smallest absolute Gasteiger partial charge is 0.416 e. The number of benzene rings is 2. The number of ether oxygens (including phenoxy) is 1. The van der Waals surface area contributed by atoms with E-state index >= 15 is 0 Å². The summed E-state index contributed by atoms with van der Waals surface area (Å²) in [5.41, 5.74) is 1.82. The third kappa shape index (κ3) is 4.27. The van der Waals surface area contributed by atoms with Crippen LogP contribution in [0, 0.1) is 11.3 Å². The molecular weight excluding hydrogens is 523 g/mol. The van der Waals surface area contributed by atoms with Gasteiger partial charge in [0.1, 0.15) is 17.9 Å². The summed E-state index contributed by atoms with van der Waals surface area (Å²) in [4.78, 5) is 25.1. The van der Waals surface area contributed by atoms with Crippen molar-refractivity contribution in [3.05, 3.63) is 54.5 Å². The molecule has 0 bridgehead atoms. The Morgan fingerprint density at radius 2 is 2.10 bits per heavy atom. The molecule has 204 valence electrons. The van der Waals surface area contributed by atoms with Crippen LogP contribution in [-0.4, -0.2) is 63.3 Å². The molecule has 1 saturated heterocycles. The fraction of sp³-hybridized carbons (Fsp3) is 0.321. The Labute approximate surface area is 226 Å². The summed E-state index contributed by atoms with van der Waals surface area (Å²) >= 11 is 0. The first-order chi connectivity index (χ1) is 19.3. The van der Waals surface area contributed by atoms with Crippen molar-refractivity contribution in [1.82, 2.24) is 25.1 Å². The lowest BCUT2D eigenvalue weighted by molar-refractivity contribution is -0.137. The van der Waals surface area contributed by atoms with E-state index in [9.17, 15) is 23.2 Å². The van der Waals surface area contributed by atoms with E-state index in [-0.39, 0.29) is 23.9 Å². The predicted molar refractivity (Wildman–Crippen MR) is 142 cm³/mol. The molecule has 40 heavy (non-hydrogen) atoms. The van der Waals surface area contributed by atoms with Gasteiger partial charge in [0.15, 0.2) is 0 Å². The Kier molecular flexibility index (Phi) is 6.29. The third-order valence-corrected chi connectivity index (χ3v) is 7.52. The van der Waals surface area contributed by atoms with Gasteiger partial charge in [-0.05, 0) is 48.2 Å². The van der Waals surface area contributed by atoms with Gasteiger partial charge in [-0.25, -0.2) is 9.97 Å². The average Bonchev–Trinajstić information content (AvgIpc) is 3.44. The number of carbonyl (C=O) groups excluding carboxylic acids is 1. The highest BCUT2D eigenvalue weighted by Gasteiger charge is 2.34. The SMILES string of the molecule is C=CC(=O)N1CCN(c2ncnc3cc(-c4cc(C(F)(F)F)cc5[nH]ncc45)c4c(c23)OCCC4)CC1CC#N. The van der Waals surface area contributed by atoms with E-state index in [0.29, 0.717) is 78.1 Å². The fourth-order valence-electron chi connectivity index (χ4n) is 5.70. The molecule has 2 aromatic heterocycles. The summed E-state index contributed by atoms with van der Waals surface area (Å²) < 4.78 is 47.7. The molecule has 2 aromatic carbocycles. The van der Waals surface area contributed by atoms with Crippen molar-refractivity contribution >= 4 is 33.5 Å². The number of H-pyrrole nitrogens is 1. The van der Waals surface area contributed by atoms with Gasteiger partial charge < -0.3 is 14.5 Å². The van der Waals surface area contributed by atoms with Crippen LogP contribution in [0.25, 0.3) is 32.9 Å². The summed E-state index contributed by atoms with van der Waals surface area (Å²) in [6, 6.07) is 5.80. The van der Waals surface area contributed by atoms with E-state index in [1.807, 2.05) is 4.90 Å². The average molecular weight is 548 g/mol. The molecule has 1 N–H and O–H groups in total. The van der Waals surface area contributed by atoms with Crippen LogP contribution in [0.5, 0.6) is 5.75 Å². The topological polar surface area (TPSA) is 111 Å². The number of amides is 1. The molecule has 0 saturated carbocycles. The lowest BCUT2D eigenvalue weighted by atomic mass is 9.89. The van der Waals surface area contributed by atoms with Crippen molar-refractivity contribution in [3.63, 3.8) is 0 Å². The lowest BCUT2D eigenvalue weighted by Crippen LogP contribution is -2.55. The number of nitrogens with zero attached hydrogens (tertiary/aromatic N) is 6. The third-order valence-electron chi connectivity index (χ3n) is 7.52. The second-order valence-electron chi connectivity index (χ2n) is 9.83. The molecule has 6 rings (SSSR count). The summed E-state index contributed by atoms with van der Waals surface area (Å²) in [7, 11) is 0. The van der Waals surface area contributed by atoms with E-state index in [1.54, 1.807) is 11.0 Å². The predicted octanol–water partition coefficient (Wildman–Crippen LogP) is 4.63. The minimum atomic E-state index is -4.54. The molecule has 0 radical (unpaired) electrons. The van der Waals surface area contributed by atoms with Crippen molar-refractivity contribution in [1.29, 1.82) is 5.26 Å². The number of aromatic nitrogens is 4. The van der Waals surface area contributed by atoms with Gasteiger partial charge >= 0.3 is 6.18 Å². The van der Waals surface area contributed by atoms with Crippen molar-refractivity contribution in [2.24, 2.45) is 0 Å². The highest BCUT2D eigenvalue weighted by molar-refractivity contribution is 6.04. The maximum absolute atomic E-state index is 13.8. The van der Waals surface area contributed by atoms with E-state index < -0.39 is 11.7 Å². The Morgan fingerprint density at radius 3 is 2.88 bits per heavy atom. The maximum Gasteiger partial charge on any atom is 0.416 e. The fourth-order valence-corrected chi connectivity index (χ4v) is 5.70. The van der Waals surface area contributed by atoms with Crippen LogP contribution in [0.4, 0.5) is 19.0 Å². The van der Waals surface area contributed by atoms with Gasteiger partial charge in [0.05, 0.1) is 53.3 Å². The molecule has 1 atom stereocenters. The Bertz CT molecular complexity index is 1690. The number of nitrogens with one attached hydrogen (secondary N) is 1. The number of hydrogen-bond donors (Lipinski definition) is 1. The molecule has 1 fully saturated rings. The number of fused-ring (bicyclic) bond motifs is 4. The molecule has 4 heterocycles. The maximum atomic E-state index is 13.8. The number of piperazine rings is 1. The second-order valence-corrected chi connectivity index (χ2v) is 9.83. The molecule has 1 amide bonds. The van der Waals surface area contributed by atoms with E-state index in [0.717, 1.165) is 17.7 Å². The Balaban J connectivity index is 1.52. The number of anilines is 1. The zero-order chi connectivity index (χ0) is 28.0. The van der Waals surface area contributed by atoms with Crippen LogP contribution >= 0.6 is 0 Å². The molecule has 0 aliphatic carbocycles. The van der Waals surface area contributed by atoms with E-state index in [4.69, 9.17) is 4.74 Å². The number of hydrogen-bond acceptors (Lipinski definition) is 7. The minimum Gasteiger partial charge on any atom is -0.492 e. The molecule has 2 aliphatic rings. The normalized spacial score (nSPS) is 17.4. The minimum absolute atomic E-state index is 0.147. The Morgan fingerprint density at radius 1 is 1.25 bits per heavy atom. The van der Waals surface area contributed by atoms with Crippen LogP contribution in [0.15, 0.2) is 43.4 Å². The molecule has 9 nitrogen and oxygen atoms in total. The van der Waals surface area contributed by atoms with Gasteiger partial charge in [-0.2, -0.15) is 23.5 Å². The quantitative estimate of drug-likeness (QED) is 0.371. The molecule has 0 spiro atoms. The lowest BCUT2D eigenvalue weighted by Gasteiger charge is -2.41. The van der Waals surface area contributed by atoms with E-state index in [2.05, 4.69) is 32.8 Å². The number of nitriles is 1. The summed E-state index contributed by atoms with van der Waals surface area (Å²) in [5.74, 6) is 0.912. The zero-order valence-electron chi connectivity index (χ0n) is 21.3. The second kappa shape index (κ2) is 9.82. The highest BCUT2D eigenvalue weighted by Crippen LogP contribution is 2.46. The number of rotatable bonds is 4. The standard InChI is InChI=1S/C28H24F3N7O2/c1-2-24(39)38-8-7-37(14-17(38)5-6-32)27-25-23(33-15-34-27)12-20(18-4-3-9-40-26(18)25)19-10-16(28(29,30)31)11-22-21(19)13-35-36-22/h2,10-13,15,17H,1,3-5,7-9,14H2,(H,35,36). The summed E-state index contributed by atoms with van der Waals surface area (Å²) in [6.07, 6.45) is 1.10. The van der Waals surface area contributed by atoms with Gasteiger partial charge in [-0.3, -0.25) is 9.89 Å². The van der Waals surface area contributed by atoms with Gasteiger partial charge in [-0.15, -0.1) is 0 Å². The van der Waals surface area contributed by atoms with Crippen LogP contribution in [0.2, 0.25) is 0 Å². The molecule has 12 heteroatoms. The van der Waals surface area contributed by atoms with Gasteiger partial charge in [-0.1, -0.05) is 6.58 Å². The first kappa shape index (κ1) is 25.6.